The summed E-state index contributed by atoms with van der Waals surface area (Å²) in [4.78, 5) is 0. The number of rotatable bonds is 3. The van der Waals surface area contributed by atoms with E-state index in [1.807, 2.05) is 25.1 Å². The van der Waals surface area contributed by atoms with Gasteiger partial charge in [0.1, 0.15) is 18.1 Å². The molecule has 0 saturated carbocycles. The number of hydrogen-bond acceptors (Lipinski definition) is 3. The lowest BCUT2D eigenvalue weighted by molar-refractivity contribution is 0.325. The molecule has 2 aromatic carbocycles. The Bertz CT molecular complexity index is 595. The predicted octanol–water partition coefficient (Wildman–Crippen LogP) is 3.23. The molecular weight excluding hydrogens is 250 g/mol. The van der Waals surface area contributed by atoms with Crippen molar-refractivity contribution >= 4 is 0 Å². The quantitative estimate of drug-likeness (QED) is 0.928. The maximum absolute atomic E-state index is 5.95. The highest BCUT2D eigenvalue weighted by atomic mass is 16.5. The van der Waals surface area contributed by atoms with Crippen LogP contribution in [0.1, 0.15) is 12.5 Å². The van der Waals surface area contributed by atoms with Gasteiger partial charge in [-0.3, -0.25) is 0 Å². The first-order valence-corrected chi connectivity index (χ1v) is 7.07. The fourth-order valence-electron chi connectivity index (χ4n) is 2.53. The van der Waals surface area contributed by atoms with E-state index in [1.54, 1.807) is 0 Å². The fraction of sp³-hybridized carbons (Fsp3) is 0.294. The molecule has 0 aliphatic carbocycles. The van der Waals surface area contributed by atoms with Crippen LogP contribution < -0.4 is 14.8 Å². The highest BCUT2D eigenvalue weighted by Crippen LogP contribution is 2.38. The predicted molar refractivity (Wildman–Crippen MR) is 80.2 cm³/mol. The highest BCUT2D eigenvalue weighted by molar-refractivity contribution is 5.77. The topological polar surface area (TPSA) is 30.5 Å². The smallest absolute Gasteiger partial charge is 0.131 e. The Morgan fingerprint density at radius 1 is 1.10 bits per heavy atom. The molecular formula is C17H19NO2. The minimum atomic E-state index is 0.661. The first-order chi connectivity index (χ1) is 9.90. The lowest BCUT2D eigenvalue weighted by Crippen LogP contribution is -2.16. The van der Waals surface area contributed by atoms with Crippen LogP contribution in [0.25, 0.3) is 11.1 Å². The van der Waals surface area contributed by atoms with Gasteiger partial charge in [-0.25, -0.2) is 0 Å². The third-order valence-electron chi connectivity index (χ3n) is 3.41. The molecule has 0 unspecified atom stereocenters. The zero-order valence-electron chi connectivity index (χ0n) is 11.7. The van der Waals surface area contributed by atoms with Gasteiger partial charge in [-0.05, 0) is 13.0 Å². The maximum Gasteiger partial charge on any atom is 0.131 e. The zero-order valence-corrected chi connectivity index (χ0v) is 11.7. The van der Waals surface area contributed by atoms with E-state index in [1.165, 1.54) is 5.56 Å². The summed E-state index contributed by atoms with van der Waals surface area (Å²) in [5.41, 5.74) is 3.40. The van der Waals surface area contributed by atoms with Crippen LogP contribution in [-0.2, 0) is 6.54 Å². The molecule has 104 valence electrons. The molecule has 3 rings (SSSR count). The molecule has 0 spiro atoms. The molecule has 20 heavy (non-hydrogen) atoms. The second-order valence-corrected chi connectivity index (χ2v) is 4.75. The Hall–Kier alpha value is -2.00. The number of benzene rings is 2. The standard InChI is InChI=1S/C17H19NO2/c1-2-19-16-9-4-3-7-14(16)15-8-5-6-13-12-18-10-11-20-17(13)15/h3-9,18H,2,10-12H2,1H3. The van der Waals surface area contributed by atoms with Gasteiger partial charge in [0.15, 0.2) is 0 Å². The van der Waals surface area contributed by atoms with Crippen molar-refractivity contribution in [3.8, 4) is 22.6 Å². The summed E-state index contributed by atoms with van der Waals surface area (Å²) in [6, 6.07) is 14.4. The summed E-state index contributed by atoms with van der Waals surface area (Å²) in [6.45, 7) is 5.08. The summed E-state index contributed by atoms with van der Waals surface area (Å²) in [5.74, 6) is 1.88. The summed E-state index contributed by atoms with van der Waals surface area (Å²) >= 11 is 0. The van der Waals surface area contributed by atoms with Gasteiger partial charge in [0, 0.05) is 29.8 Å². The van der Waals surface area contributed by atoms with Crippen molar-refractivity contribution < 1.29 is 9.47 Å². The molecule has 0 fully saturated rings. The molecule has 1 aliphatic rings. The van der Waals surface area contributed by atoms with Crippen LogP contribution >= 0.6 is 0 Å². The molecule has 3 nitrogen and oxygen atoms in total. The van der Waals surface area contributed by atoms with Gasteiger partial charge in [0.05, 0.1) is 6.61 Å². The molecule has 2 aromatic rings. The number of ether oxygens (including phenoxy) is 2. The van der Waals surface area contributed by atoms with Crippen LogP contribution in [0, 0.1) is 0 Å². The second-order valence-electron chi connectivity index (χ2n) is 4.75. The van der Waals surface area contributed by atoms with E-state index >= 15 is 0 Å². The largest absolute Gasteiger partial charge is 0.493 e. The monoisotopic (exact) mass is 269 g/mol. The van der Waals surface area contributed by atoms with Crippen LogP contribution in [0.2, 0.25) is 0 Å². The van der Waals surface area contributed by atoms with Crippen molar-refractivity contribution in [3.05, 3.63) is 48.0 Å². The van der Waals surface area contributed by atoms with Gasteiger partial charge in [0.2, 0.25) is 0 Å². The molecule has 1 N–H and O–H groups in total. The minimum Gasteiger partial charge on any atom is -0.493 e. The van der Waals surface area contributed by atoms with Crippen molar-refractivity contribution in [2.75, 3.05) is 19.8 Å². The van der Waals surface area contributed by atoms with Gasteiger partial charge in [-0.15, -0.1) is 0 Å². The van der Waals surface area contributed by atoms with Crippen molar-refractivity contribution in [3.63, 3.8) is 0 Å². The van der Waals surface area contributed by atoms with Crippen LogP contribution in [0.3, 0.4) is 0 Å². The Morgan fingerprint density at radius 2 is 1.95 bits per heavy atom. The van der Waals surface area contributed by atoms with Crippen LogP contribution in [0.5, 0.6) is 11.5 Å². The molecule has 0 amide bonds. The SMILES string of the molecule is CCOc1ccccc1-c1cccc2c1OCCNC2. The normalized spacial score (nSPS) is 14.1. The molecule has 0 bridgehead atoms. The van der Waals surface area contributed by atoms with Crippen molar-refractivity contribution in [1.82, 2.24) is 5.32 Å². The van der Waals surface area contributed by atoms with Crippen LogP contribution in [0.4, 0.5) is 0 Å². The Kier molecular flexibility index (Phi) is 3.88. The van der Waals surface area contributed by atoms with E-state index in [2.05, 4.69) is 29.6 Å². The molecule has 1 aliphatic heterocycles. The molecule has 0 atom stereocenters. The molecule has 0 radical (unpaired) electrons. The van der Waals surface area contributed by atoms with Gasteiger partial charge < -0.3 is 14.8 Å². The molecule has 0 saturated heterocycles. The van der Waals surface area contributed by atoms with E-state index in [9.17, 15) is 0 Å². The van der Waals surface area contributed by atoms with E-state index in [0.29, 0.717) is 13.2 Å². The van der Waals surface area contributed by atoms with Crippen LogP contribution in [-0.4, -0.2) is 19.8 Å². The van der Waals surface area contributed by atoms with E-state index in [-0.39, 0.29) is 0 Å². The average Bonchev–Trinajstić information content (AvgIpc) is 2.73. The summed E-state index contributed by atoms with van der Waals surface area (Å²) in [7, 11) is 0. The number of nitrogens with one attached hydrogen (secondary N) is 1. The maximum atomic E-state index is 5.95. The first kappa shape index (κ1) is 13.0. The van der Waals surface area contributed by atoms with Crippen LogP contribution in [0.15, 0.2) is 42.5 Å². The Morgan fingerprint density at radius 3 is 2.85 bits per heavy atom. The third-order valence-corrected chi connectivity index (χ3v) is 3.41. The third kappa shape index (κ3) is 2.49. The Balaban J connectivity index is 2.11. The van der Waals surface area contributed by atoms with Gasteiger partial charge in [-0.1, -0.05) is 36.4 Å². The first-order valence-electron chi connectivity index (χ1n) is 7.07. The highest BCUT2D eigenvalue weighted by Gasteiger charge is 2.16. The van der Waals surface area contributed by atoms with Crippen molar-refractivity contribution in [2.45, 2.75) is 13.5 Å². The number of fused-ring (bicyclic) bond motifs is 1. The zero-order chi connectivity index (χ0) is 13.8. The summed E-state index contributed by atoms with van der Waals surface area (Å²) in [5, 5.41) is 3.37. The fourth-order valence-corrected chi connectivity index (χ4v) is 2.53. The molecule has 0 aromatic heterocycles. The van der Waals surface area contributed by atoms with Crippen molar-refractivity contribution in [2.24, 2.45) is 0 Å². The van der Waals surface area contributed by atoms with Gasteiger partial charge in [-0.2, -0.15) is 0 Å². The Labute approximate surface area is 119 Å². The average molecular weight is 269 g/mol. The number of hydrogen-bond donors (Lipinski definition) is 1. The second kappa shape index (κ2) is 5.97. The van der Waals surface area contributed by atoms with Crippen molar-refractivity contribution in [1.29, 1.82) is 0 Å². The van der Waals surface area contributed by atoms with Gasteiger partial charge >= 0.3 is 0 Å². The van der Waals surface area contributed by atoms with E-state index in [4.69, 9.17) is 9.47 Å². The van der Waals surface area contributed by atoms with Gasteiger partial charge in [0.25, 0.3) is 0 Å². The molecule has 1 heterocycles. The van der Waals surface area contributed by atoms with E-state index in [0.717, 1.165) is 35.7 Å². The summed E-state index contributed by atoms with van der Waals surface area (Å²) in [6.07, 6.45) is 0. The number of para-hydroxylation sites is 2. The minimum absolute atomic E-state index is 0.661. The summed E-state index contributed by atoms with van der Waals surface area (Å²) < 4.78 is 11.7. The lowest BCUT2D eigenvalue weighted by atomic mass is 10.0. The molecule has 3 heteroatoms. The van der Waals surface area contributed by atoms with E-state index < -0.39 is 0 Å². The lowest BCUT2D eigenvalue weighted by Gasteiger charge is -2.15.